The summed E-state index contributed by atoms with van der Waals surface area (Å²) in [6.45, 7) is 1.99. The van der Waals surface area contributed by atoms with Gasteiger partial charge in [-0.05, 0) is 73.4 Å². The predicted molar refractivity (Wildman–Crippen MR) is 108 cm³/mol. The lowest BCUT2D eigenvalue weighted by Gasteiger charge is -2.30. The molecule has 0 aromatic heterocycles. The number of halogens is 3. The van der Waals surface area contributed by atoms with Crippen LogP contribution in [0.5, 0.6) is 0 Å². The highest BCUT2D eigenvalue weighted by Crippen LogP contribution is 2.70. The molecule has 1 heterocycles. The number of carbonyl (C=O) groups is 1. The molecule has 1 aliphatic heterocycles. The molecule has 3 fully saturated rings. The summed E-state index contributed by atoms with van der Waals surface area (Å²) in [5.74, 6) is 2.27. The number of carbonyl (C=O) groups excluding carboxylic acids is 1. The number of rotatable bonds is 7. The van der Waals surface area contributed by atoms with Gasteiger partial charge in [-0.25, -0.2) is 0 Å². The van der Waals surface area contributed by atoms with Crippen LogP contribution in [0.4, 0.5) is 13.2 Å². The highest BCUT2D eigenvalue weighted by Gasteiger charge is 2.62. The van der Waals surface area contributed by atoms with Gasteiger partial charge in [-0.2, -0.15) is 13.2 Å². The second-order valence-electron chi connectivity index (χ2n) is 9.65. The number of nitrogens with one attached hydrogen (secondary N) is 1. The Bertz CT molecular complexity index is 845. The summed E-state index contributed by atoms with van der Waals surface area (Å²) in [4.78, 5) is 14.6. The van der Waals surface area contributed by atoms with E-state index in [0.29, 0.717) is 42.3 Å². The van der Waals surface area contributed by atoms with Gasteiger partial charge in [0.15, 0.2) is 0 Å². The topological polar surface area (TPSA) is 32.3 Å². The molecule has 30 heavy (non-hydrogen) atoms. The van der Waals surface area contributed by atoms with Crippen molar-refractivity contribution in [1.29, 1.82) is 0 Å². The SMILES string of the molecule is O=C1CC[C@H](CCNCc2cccc(C(F)(F)F)c2)N1C[C@H]1C[C@@H]2C=C[C@@H]1C21CC1. The maximum absolute atomic E-state index is 12.9. The molecule has 1 spiro atoms. The van der Waals surface area contributed by atoms with Crippen LogP contribution in [0.25, 0.3) is 0 Å². The van der Waals surface area contributed by atoms with Crippen LogP contribution < -0.4 is 5.32 Å². The molecule has 0 unspecified atom stereocenters. The normalized spacial score (nSPS) is 31.3. The molecule has 1 N–H and O–H groups in total. The zero-order valence-corrected chi connectivity index (χ0v) is 17.1. The van der Waals surface area contributed by atoms with Gasteiger partial charge in [0.2, 0.25) is 5.91 Å². The van der Waals surface area contributed by atoms with Crippen LogP contribution in [0, 0.1) is 23.2 Å². The molecule has 4 aliphatic rings. The zero-order chi connectivity index (χ0) is 20.9. The van der Waals surface area contributed by atoms with Gasteiger partial charge in [-0.1, -0.05) is 30.4 Å². The Labute approximate surface area is 175 Å². The molecule has 1 aromatic rings. The first-order valence-corrected chi connectivity index (χ1v) is 11.2. The van der Waals surface area contributed by atoms with E-state index in [1.807, 2.05) is 0 Å². The molecular weight excluding hydrogens is 389 g/mol. The number of alkyl halides is 3. The number of hydrogen-bond donors (Lipinski definition) is 1. The van der Waals surface area contributed by atoms with Crippen molar-refractivity contribution in [3.63, 3.8) is 0 Å². The summed E-state index contributed by atoms with van der Waals surface area (Å²) in [6.07, 6.45) is 6.82. The van der Waals surface area contributed by atoms with Crippen LogP contribution in [0.15, 0.2) is 36.4 Å². The summed E-state index contributed by atoms with van der Waals surface area (Å²) in [6, 6.07) is 5.72. The van der Waals surface area contributed by atoms with Crippen molar-refractivity contribution in [3.05, 3.63) is 47.5 Å². The number of likely N-dealkylation sites (tertiary alicyclic amines) is 1. The van der Waals surface area contributed by atoms with E-state index < -0.39 is 11.7 Å². The maximum Gasteiger partial charge on any atom is 0.416 e. The summed E-state index contributed by atoms with van der Waals surface area (Å²) in [5, 5.41) is 3.27. The summed E-state index contributed by atoms with van der Waals surface area (Å²) in [5.41, 5.74) is 0.575. The smallest absolute Gasteiger partial charge is 0.339 e. The summed E-state index contributed by atoms with van der Waals surface area (Å²) in [7, 11) is 0. The minimum absolute atomic E-state index is 0.254. The van der Waals surface area contributed by atoms with Gasteiger partial charge in [0.05, 0.1) is 5.56 Å². The Balaban J connectivity index is 1.12. The molecule has 1 saturated heterocycles. The lowest BCUT2D eigenvalue weighted by atomic mass is 9.88. The Morgan fingerprint density at radius 1 is 1.20 bits per heavy atom. The Morgan fingerprint density at radius 2 is 2.03 bits per heavy atom. The highest BCUT2D eigenvalue weighted by atomic mass is 19.4. The van der Waals surface area contributed by atoms with Crippen molar-refractivity contribution in [3.8, 4) is 0 Å². The second kappa shape index (κ2) is 7.40. The molecule has 4 atom stereocenters. The fourth-order valence-corrected chi connectivity index (χ4v) is 6.29. The number of nitrogens with zero attached hydrogens (tertiary/aromatic N) is 1. The molecule has 2 bridgehead atoms. The van der Waals surface area contributed by atoms with E-state index in [2.05, 4.69) is 22.4 Å². The zero-order valence-electron chi connectivity index (χ0n) is 17.1. The van der Waals surface area contributed by atoms with Gasteiger partial charge in [0, 0.05) is 25.6 Å². The van der Waals surface area contributed by atoms with Crippen molar-refractivity contribution < 1.29 is 18.0 Å². The first kappa shape index (κ1) is 20.1. The molecule has 1 aromatic carbocycles. The van der Waals surface area contributed by atoms with Crippen molar-refractivity contribution >= 4 is 5.91 Å². The van der Waals surface area contributed by atoms with E-state index in [0.717, 1.165) is 31.4 Å². The van der Waals surface area contributed by atoms with Gasteiger partial charge in [0.1, 0.15) is 0 Å². The van der Waals surface area contributed by atoms with Gasteiger partial charge in [-0.3, -0.25) is 4.79 Å². The van der Waals surface area contributed by atoms with Crippen LogP contribution in [0.1, 0.15) is 49.7 Å². The van der Waals surface area contributed by atoms with Gasteiger partial charge < -0.3 is 10.2 Å². The van der Waals surface area contributed by atoms with Crippen LogP contribution in [-0.2, 0) is 17.5 Å². The van der Waals surface area contributed by atoms with Gasteiger partial charge in [0.25, 0.3) is 0 Å². The molecule has 3 aliphatic carbocycles. The molecule has 1 amide bonds. The minimum atomic E-state index is -4.31. The Kier molecular flexibility index (Phi) is 4.96. The fraction of sp³-hybridized carbons (Fsp3) is 0.625. The average molecular weight is 419 g/mol. The van der Waals surface area contributed by atoms with E-state index in [1.54, 1.807) is 6.07 Å². The molecule has 0 radical (unpaired) electrons. The largest absolute Gasteiger partial charge is 0.416 e. The minimum Gasteiger partial charge on any atom is -0.339 e. The van der Waals surface area contributed by atoms with Crippen molar-refractivity contribution in [2.45, 2.75) is 57.3 Å². The molecule has 2 saturated carbocycles. The van der Waals surface area contributed by atoms with E-state index in [4.69, 9.17) is 0 Å². The van der Waals surface area contributed by atoms with Crippen LogP contribution in [-0.4, -0.2) is 29.9 Å². The van der Waals surface area contributed by atoms with Crippen molar-refractivity contribution in [2.24, 2.45) is 23.2 Å². The fourth-order valence-electron chi connectivity index (χ4n) is 6.29. The number of allylic oxidation sites excluding steroid dienone is 2. The molecule has 6 heteroatoms. The third kappa shape index (κ3) is 3.57. The highest BCUT2D eigenvalue weighted by molar-refractivity contribution is 5.78. The quantitative estimate of drug-likeness (QED) is 0.511. The number of amides is 1. The van der Waals surface area contributed by atoms with Crippen LogP contribution in [0.3, 0.4) is 0 Å². The third-order valence-corrected chi connectivity index (χ3v) is 7.97. The Hall–Kier alpha value is -1.82. The Morgan fingerprint density at radius 3 is 2.77 bits per heavy atom. The van der Waals surface area contributed by atoms with E-state index in [9.17, 15) is 18.0 Å². The van der Waals surface area contributed by atoms with E-state index in [-0.39, 0.29) is 11.9 Å². The van der Waals surface area contributed by atoms with Crippen LogP contribution in [0.2, 0.25) is 0 Å². The van der Waals surface area contributed by atoms with Crippen molar-refractivity contribution in [1.82, 2.24) is 10.2 Å². The maximum atomic E-state index is 12.9. The summed E-state index contributed by atoms with van der Waals surface area (Å²) >= 11 is 0. The average Bonchev–Trinajstić information content (AvgIpc) is 3.26. The van der Waals surface area contributed by atoms with Crippen molar-refractivity contribution in [2.75, 3.05) is 13.1 Å². The van der Waals surface area contributed by atoms with E-state index >= 15 is 0 Å². The first-order valence-electron chi connectivity index (χ1n) is 11.2. The lowest BCUT2D eigenvalue weighted by Crippen LogP contribution is -2.39. The van der Waals surface area contributed by atoms with Crippen LogP contribution >= 0.6 is 0 Å². The molecule has 162 valence electrons. The van der Waals surface area contributed by atoms with Gasteiger partial charge >= 0.3 is 6.18 Å². The number of hydrogen-bond acceptors (Lipinski definition) is 2. The number of benzene rings is 1. The van der Waals surface area contributed by atoms with Gasteiger partial charge in [-0.15, -0.1) is 0 Å². The predicted octanol–water partition coefficient (Wildman–Crippen LogP) is 4.78. The second-order valence-corrected chi connectivity index (χ2v) is 9.65. The summed E-state index contributed by atoms with van der Waals surface area (Å²) < 4.78 is 38.6. The monoisotopic (exact) mass is 418 g/mol. The third-order valence-electron chi connectivity index (χ3n) is 7.97. The lowest BCUT2D eigenvalue weighted by molar-refractivity contribution is -0.137. The first-order chi connectivity index (χ1) is 14.4. The molecule has 5 rings (SSSR count). The molecule has 3 nitrogen and oxygen atoms in total. The molecular formula is C24H29F3N2O. The standard InChI is InChI=1S/C24H29F3N2O/c25-24(26,27)19-3-1-2-16(12-19)14-28-11-8-20-5-7-22(30)29(20)15-17-13-18-4-6-21(17)23(18)9-10-23/h1-4,6,12,17-18,20-21,28H,5,7-11,13-15H2/t17-,18+,20-,21+/m1/s1. The van der Waals surface area contributed by atoms with E-state index in [1.165, 1.54) is 31.4 Å².